The maximum absolute atomic E-state index is 13.2. The molecule has 0 N–H and O–H groups in total. The fourth-order valence-electron chi connectivity index (χ4n) is 1.38. The van der Waals surface area contributed by atoms with Crippen LogP contribution in [-0.4, -0.2) is 9.55 Å². The van der Waals surface area contributed by atoms with E-state index in [2.05, 4.69) is 4.98 Å². The van der Waals surface area contributed by atoms with E-state index in [1.54, 1.807) is 11.5 Å². The van der Waals surface area contributed by atoms with E-state index in [4.69, 9.17) is 0 Å². The van der Waals surface area contributed by atoms with E-state index < -0.39 is 0 Å². The van der Waals surface area contributed by atoms with Gasteiger partial charge in [0.15, 0.2) is 0 Å². The summed E-state index contributed by atoms with van der Waals surface area (Å²) in [6, 6.07) is 0. The van der Waals surface area contributed by atoms with Gasteiger partial charge in [0, 0.05) is 12.5 Å². The van der Waals surface area contributed by atoms with Crippen LogP contribution in [0.3, 0.4) is 0 Å². The van der Waals surface area contributed by atoms with Crippen molar-refractivity contribution in [2.45, 2.75) is 33.1 Å². The summed E-state index contributed by atoms with van der Waals surface area (Å²) >= 11 is 0. The van der Waals surface area contributed by atoms with Crippen molar-refractivity contribution in [2.75, 3.05) is 0 Å². The highest BCUT2D eigenvalue weighted by atomic mass is 19.1. The van der Waals surface area contributed by atoms with Gasteiger partial charge in [-0.2, -0.15) is 4.39 Å². The Hall–Kier alpha value is -0.860. The highest BCUT2D eigenvalue weighted by Gasteiger charge is 2.24. The minimum atomic E-state index is -0.345. The van der Waals surface area contributed by atoms with Gasteiger partial charge in [-0.25, -0.2) is 4.98 Å². The van der Waals surface area contributed by atoms with Gasteiger partial charge in [0.2, 0.25) is 5.95 Å². The number of hydrogen-bond donors (Lipinski definition) is 0. The fraction of sp³-hybridized carbons (Fsp3) is 0.667. The van der Waals surface area contributed by atoms with Gasteiger partial charge in [0.05, 0.1) is 5.69 Å². The first-order valence-corrected chi connectivity index (χ1v) is 4.03. The molecule has 0 aliphatic rings. The van der Waals surface area contributed by atoms with E-state index in [1.165, 1.54) is 0 Å². The van der Waals surface area contributed by atoms with Crippen molar-refractivity contribution in [3.63, 3.8) is 0 Å². The second kappa shape index (κ2) is 2.57. The van der Waals surface area contributed by atoms with E-state index in [0.717, 1.165) is 5.82 Å². The Morgan fingerprint density at radius 3 is 2.00 bits per heavy atom. The van der Waals surface area contributed by atoms with Crippen molar-refractivity contribution < 1.29 is 4.39 Å². The third-order valence-electron chi connectivity index (χ3n) is 1.99. The van der Waals surface area contributed by atoms with Crippen LogP contribution >= 0.6 is 0 Å². The SMILES string of the molecule is Cc1nc(F)c(C(C)(C)C)n1C. The lowest BCUT2D eigenvalue weighted by atomic mass is 9.92. The lowest BCUT2D eigenvalue weighted by Gasteiger charge is -2.18. The molecule has 0 unspecified atom stereocenters. The van der Waals surface area contributed by atoms with Crippen LogP contribution in [0.4, 0.5) is 4.39 Å². The average Bonchev–Trinajstić information content (AvgIpc) is 2.05. The van der Waals surface area contributed by atoms with Gasteiger partial charge < -0.3 is 4.57 Å². The van der Waals surface area contributed by atoms with Crippen LogP contribution in [0.15, 0.2) is 0 Å². The van der Waals surface area contributed by atoms with E-state index >= 15 is 0 Å². The number of hydrogen-bond acceptors (Lipinski definition) is 1. The Kier molecular flexibility index (Phi) is 1.98. The summed E-state index contributed by atoms with van der Waals surface area (Å²) in [6.45, 7) is 7.74. The Morgan fingerprint density at radius 1 is 1.33 bits per heavy atom. The lowest BCUT2D eigenvalue weighted by Crippen LogP contribution is -2.18. The zero-order chi connectivity index (χ0) is 9.52. The van der Waals surface area contributed by atoms with Gasteiger partial charge in [0.25, 0.3) is 0 Å². The summed E-state index contributed by atoms with van der Waals surface area (Å²) in [6.07, 6.45) is 0. The predicted octanol–water partition coefficient (Wildman–Crippen LogP) is 2.17. The molecule has 0 spiro atoms. The van der Waals surface area contributed by atoms with Gasteiger partial charge in [-0.1, -0.05) is 20.8 Å². The number of halogens is 1. The third kappa shape index (κ3) is 1.36. The molecule has 0 aliphatic heterocycles. The van der Waals surface area contributed by atoms with Crippen LogP contribution in [0.2, 0.25) is 0 Å². The molecule has 0 atom stereocenters. The molecule has 68 valence electrons. The van der Waals surface area contributed by atoms with Crippen molar-refractivity contribution in [1.82, 2.24) is 9.55 Å². The van der Waals surface area contributed by atoms with Gasteiger partial charge in [-0.15, -0.1) is 0 Å². The van der Waals surface area contributed by atoms with Gasteiger partial charge in [-0.3, -0.25) is 0 Å². The van der Waals surface area contributed by atoms with Crippen molar-refractivity contribution in [2.24, 2.45) is 7.05 Å². The molecular weight excluding hydrogens is 155 g/mol. The molecule has 3 heteroatoms. The molecule has 2 nitrogen and oxygen atoms in total. The normalized spacial score (nSPS) is 12.2. The molecule has 12 heavy (non-hydrogen) atoms. The zero-order valence-corrected chi connectivity index (χ0v) is 8.27. The van der Waals surface area contributed by atoms with Crippen LogP contribution in [0.1, 0.15) is 32.3 Å². The Morgan fingerprint density at radius 2 is 1.83 bits per heavy atom. The van der Waals surface area contributed by atoms with Crippen LogP contribution in [0.25, 0.3) is 0 Å². The standard InChI is InChI=1S/C9H15FN2/c1-6-11-8(10)7(12(6)5)9(2,3)4/h1-5H3. The molecule has 1 aromatic heterocycles. The lowest BCUT2D eigenvalue weighted by molar-refractivity contribution is 0.481. The second-order valence-electron chi connectivity index (χ2n) is 4.11. The molecule has 0 aromatic carbocycles. The molecule has 0 saturated heterocycles. The molecule has 0 aliphatic carbocycles. The molecule has 0 amide bonds. The third-order valence-corrected chi connectivity index (χ3v) is 1.99. The van der Waals surface area contributed by atoms with E-state index in [9.17, 15) is 4.39 Å². The highest BCUT2D eigenvalue weighted by Crippen LogP contribution is 2.24. The monoisotopic (exact) mass is 170 g/mol. The first-order chi connectivity index (χ1) is 5.34. The van der Waals surface area contributed by atoms with Crippen molar-refractivity contribution >= 4 is 0 Å². The molecule has 1 aromatic rings. The Labute approximate surface area is 72.4 Å². The first kappa shape index (κ1) is 9.23. The quantitative estimate of drug-likeness (QED) is 0.583. The van der Waals surface area contributed by atoms with Gasteiger partial charge in [-0.05, 0) is 6.92 Å². The molecule has 0 bridgehead atoms. The maximum atomic E-state index is 13.2. The van der Waals surface area contributed by atoms with Crippen LogP contribution in [0.5, 0.6) is 0 Å². The number of aromatic nitrogens is 2. The molecular formula is C9H15FN2. The zero-order valence-electron chi connectivity index (χ0n) is 8.27. The van der Waals surface area contributed by atoms with Crippen LogP contribution in [0, 0.1) is 12.9 Å². The molecule has 0 saturated carbocycles. The highest BCUT2D eigenvalue weighted by molar-refractivity contribution is 5.15. The van der Waals surface area contributed by atoms with E-state index in [0.29, 0.717) is 5.69 Å². The summed E-state index contributed by atoms with van der Waals surface area (Å²) in [5, 5.41) is 0. The summed E-state index contributed by atoms with van der Waals surface area (Å²) in [4.78, 5) is 3.77. The second-order valence-corrected chi connectivity index (χ2v) is 4.11. The smallest absolute Gasteiger partial charge is 0.234 e. The van der Waals surface area contributed by atoms with Crippen LogP contribution < -0.4 is 0 Å². The molecule has 1 rings (SSSR count). The topological polar surface area (TPSA) is 17.8 Å². The summed E-state index contributed by atoms with van der Waals surface area (Å²) in [5.74, 6) is 0.375. The Balaban J connectivity index is 3.32. The number of rotatable bonds is 0. The molecule has 1 heterocycles. The van der Waals surface area contributed by atoms with Crippen molar-refractivity contribution in [1.29, 1.82) is 0 Å². The maximum Gasteiger partial charge on any atom is 0.234 e. The number of imidazole rings is 1. The Bertz CT molecular complexity index is 294. The summed E-state index contributed by atoms with van der Waals surface area (Å²) in [7, 11) is 1.84. The number of aryl methyl sites for hydroxylation is 1. The predicted molar refractivity (Wildman–Crippen MR) is 46.6 cm³/mol. The first-order valence-electron chi connectivity index (χ1n) is 4.03. The van der Waals surface area contributed by atoms with Crippen molar-refractivity contribution in [3.05, 3.63) is 17.5 Å². The van der Waals surface area contributed by atoms with Gasteiger partial charge in [0.1, 0.15) is 5.82 Å². The van der Waals surface area contributed by atoms with E-state index in [1.807, 2.05) is 27.8 Å². The minimum Gasteiger partial charge on any atom is -0.332 e. The fourth-order valence-corrected chi connectivity index (χ4v) is 1.38. The summed E-state index contributed by atoms with van der Waals surface area (Å²) < 4.78 is 15.0. The molecule has 0 fully saturated rings. The minimum absolute atomic E-state index is 0.180. The largest absolute Gasteiger partial charge is 0.332 e. The summed E-state index contributed by atoms with van der Waals surface area (Å²) in [5.41, 5.74) is 0.486. The van der Waals surface area contributed by atoms with Gasteiger partial charge >= 0.3 is 0 Å². The van der Waals surface area contributed by atoms with Crippen molar-refractivity contribution in [3.8, 4) is 0 Å². The number of nitrogens with zero attached hydrogens (tertiary/aromatic N) is 2. The molecule has 0 radical (unpaired) electrons. The van der Waals surface area contributed by atoms with Crippen LogP contribution in [-0.2, 0) is 12.5 Å². The van der Waals surface area contributed by atoms with E-state index in [-0.39, 0.29) is 11.4 Å². The average molecular weight is 170 g/mol.